The Balaban J connectivity index is 3.03. The van der Waals surface area contributed by atoms with E-state index in [-0.39, 0.29) is 12.8 Å². The van der Waals surface area contributed by atoms with E-state index in [2.05, 4.69) is 25.9 Å². The van der Waals surface area contributed by atoms with Crippen molar-refractivity contribution in [3.05, 3.63) is 18.2 Å². The van der Waals surface area contributed by atoms with Crippen LogP contribution in [0.2, 0.25) is 0 Å². The molecule has 200 valence electrons. The predicted octanol–water partition coefficient (Wildman–Crippen LogP) is -4.30. The predicted molar refractivity (Wildman–Crippen MR) is 124 cm³/mol. The number of carbonyl (C=O) groups is 6. The first-order valence-electron chi connectivity index (χ1n) is 11.1. The highest BCUT2D eigenvalue weighted by molar-refractivity contribution is 5.96. The van der Waals surface area contributed by atoms with E-state index in [0.717, 1.165) is 0 Å². The summed E-state index contributed by atoms with van der Waals surface area (Å²) in [5.74, 6) is -5.81. The van der Waals surface area contributed by atoms with Crippen molar-refractivity contribution in [3.8, 4) is 0 Å². The highest BCUT2D eigenvalue weighted by atomic mass is 16.4. The fourth-order valence-corrected chi connectivity index (χ4v) is 3.12. The van der Waals surface area contributed by atoms with Gasteiger partial charge in [-0.05, 0) is 25.8 Å². The van der Waals surface area contributed by atoms with Gasteiger partial charge in [-0.3, -0.25) is 24.0 Å². The van der Waals surface area contributed by atoms with Gasteiger partial charge in [0.25, 0.3) is 0 Å². The largest absolute Gasteiger partial charge is 0.480 e. The summed E-state index contributed by atoms with van der Waals surface area (Å²) >= 11 is 0. The van der Waals surface area contributed by atoms with Crippen LogP contribution in [0.5, 0.6) is 0 Å². The minimum Gasteiger partial charge on any atom is -0.480 e. The van der Waals surface area contributed by atoms with Gasteiger partial charge < -0.3 is 49.0 Å². The highest BCUT2D eigenvalue weighted by Crippen LogP contribution is 2.05. The molecule has 0 spiro atoms. The van der Waals surface area contributed by atoms with Crippen LogP contribution >= 0.6 is 0 Å². The van der Waals surface area contributed by atoms with Gasteiger partial charge >= 0.3 is 5.97 Å². The van der Waals surface area contributed by atoms with Crippen LogP contribution in [-0.2, 0) is 35.2 Å². The summed E-state index contributed by atoms with van der Waals surface area (Å²) in [6.07, 6.45) is 2.52. The number of carboxylic acids is 1. The lowest BCUT2D eigenvalue weighted by atomic mass is 10.1. The third kappa shape index (κ3) is 10.9. The molecule has 1 rings (SSSR count). The summed E-state index contributed by atoms with van der Waals surface area (Å²) in [6, 6.07) is -5.48. The van der Waals surface area contributed by atoms with Gasteiger partial charge in [-0.15, -0.1) is 0 Å². The van der Waals surface area contributed by atoms with Crippen molar-refractivity contribution in [1.82, 2.24) is 25.9 Å². The van der Waals surface area contributed by atoms with Crippen LogP contribution in [0.1, 0.15) is 37.8 Å². The number of hydrogen-bond donors (Lipinski definition) is 9. The lowest BCUT2D eigenvalue weighted by molar-refractivity contribution is -0.142. The first kappa shape index (κ1) is 30.0. The number of imidazole rings is 1. The average molecular weight is 512 g/mol. The first-order chi connectivity index (χ1) is 16.9. The zero-order valence-corrected chi connectivity index (χ0v) is 19.6. The van der Waals surface area contributed by atoms with Crippen LogP contribution in [0.25, 0.3) is 0 Å². The maximum absolute atomic E-state index is 13.0. The van der Waals surface area contributed by atoms with Gasteiger partial charge in [-0.1, -0.05) is 0 Å². The number of aromatic amines is 1. The van der Waals surface area contributed by atoms with Crippen LogP contribution in [0.4, 0.5) is 0 Å². The molecule has 1 aromatic heterocycles. The molecule has 1 aromatic rings. The van der Waals surface area contributed by atoms with Crippen molar-refractivity contribution in [2.24, 2.45) is 22.9 Å². The van der Waals surface area contributed by atoms with Gasteiger partial charge in [-0.25, -0.2) is 9.78 Å². The molecular weight excluding hydrogens is 478 g/mol. The Hall–Kier alpha value is -4.05. The minimum atomic E-state index is -1.54. The van der Waals surface area contributed by atoms with Crippen molar-refractivity contribution in [2.75, 3.05) is 6.54 Å². The molecule has 1 heterocycles. The fraction of sp³-hybridized carbons (Fsp3) is 0.550. The van der Waals surface area contributed by atoms with E-state index < -0.39 is 72.5 Å². The van der Waals surface area contributed by atoms with E-state index in [1.165, 1.54) is 12.5 Å². The second-order valence-corrected chi connectivity index (χ2v) is 8.03. The van der Waals surface area contributed by atoms with Crippen LogP contribution < -0.4 is 38.9 Å². The number of nitrogens with zero attached hydrogens (tertiary/aromatic N) is 1. The number of primary amides is 2. The number of hydrogen-bond acceptors (Lipinski definition) is 9. The van der Waals surface area contributed by atoms with E-state index in [1.54, 1.807) is 0 Å². The number of nitrogens with two attached hydrogens (primary N) is 4. The topological polar surface area (TPSA) is 292 Å². The Morgan fingerprint density at radius 1 is 0.889 bits per heavy atom. The lowest BCUT2D eigenvalue weighted by Crippen LogP contribution is -2.58. The lowest BCUT2D eigenvalue weighted by Gasteiger charge is -2.24. The maximum atomic E-state index is 13.0. The van der Waals surface area contributed by atoms with Gasteiger partial charge in [0.1, 0.15) is 18.1 Å². The van der Waals surface area contributed by atoms with E-state index in [9.17, 15) is 33.9 Å². The van der Waals surface area contributed by atoms with E-state index in [0.29, 0.717) is 25.1 Å². The normalized spacial score (nSPS) is 14.1. The van der Waals surface area contributed by atoms with Crippen LogP contribution in [0.3, 0.4) is 0 Å². The standard InChI is InChI=1S/C20H33N9O7/c21-4-2-1-3-12(20(35)36)27-19(34)14(7-16(24)31)29-18(33)13(5-10-8-25-9-26-10)28-17(32)11(22)6-15(23)30/h8-9,11-14H,1-7,21-22H2,(H2,23,30)(H2,24,31)(H,25,26)(H,27,34)(H,28,32)(H,29,33)(H,35,36). The summed E-state index contributed by atoms with van der Waals surface area (Å²) in [5, 5.41) is 16.3. The smallest absolute Gasteiger partial charge is 0.326 e. The molecule has 0 saturated carbocycles. The number of rotatable bonds is 17. The molecule has 0 aliphatic rings. The molecule has 0 bridgehead atoms. The molecule has 0 radical (unpaired) electrons. The third-order valence-corrected chi connectivity index (χ3v) is 4.97. The quantitative estimate of drug-likeness (QED) is 0.0906. The number of aliphatic carboxylic acids is 1. The molecule has 36 heavy (non-hydrogen) atoms. The van der Waals surface area contributed by atoms with Crippen LogP contribution in [0, 0.1) is 0 Å². The van der Waals surface area contributed by atoms with Crippen molar-refractivity contribution >= 4 is 35.5 Å². The number of H-pyrrole nitrogens is 1. The van der Waals surface area contributed by atoms with Crippen molar-refractivity contribution < 1.29 is 33.9 Å². The summed E-state index contributed by atoms with van der Waals surface area (Å²) in [7, 11) is 0. The number of carboxylic acid groups (broad SMARTS) is 1. The number of carbonyl (C=O) groups excluding carboxylic acids is 5. The van der Waals surface area contributed by atoms with E-state index >= 15 is 0 Å². The van der Waals surface area contributed by atoms with E-state index in [1.807, 2.05) is 0 Å². The molecule has 0 saturated heterocycles. The molecule has 5 amide bonds. The molecule has 0 fully saturated rings. The van der Waals surface area contributed by atoms with Gasteiger partial charge in [0.05, 0.1) is 25.2 Å². The average Bonchev–Trinajstić information content (AvgIpc) is 3.29. The monoisotopic (exact) mass is 511 g/mol. The van der Waals surface area contributed by atoms with Crippen LogP contribution in [0.15, 0.2) is 12.5 Å². The van der Waals surface area contributed by atoms with Gasteiger partial charge in [0.2, 0.25) is 29.5 Å². The van der Waals surface area contributed by atoms with Crippen LogP contribution in [-0.4, -0.2) is 81.3 Å². The third-order valence-electron chi connectivity index (χ3n) is 4.97. The molecule has 16 heteroatoms. The zero-order chi connectivity index (χ0) is 27.3. The molecule has 4 atom stereocenters. The number of aromatic nitrogens is 2. The van der Waals surface area contributed by atoms with Gasteiger partial charge in [0, 0.05) is 18.3 Å². The fourth-order valence-electron chi connectivity index (χ4n) is 3.12. The molecule has 0 aliphatic carbocycles. The molecule has 0 aliphatic heterocycles. The molecular formula is C20H33N9O7. The Kier molecular flexibility index (Phi) is 12.5. The first-order valence-corrected chi connectivity index (χ1v) is 11.1. The Bertz CT molecular complexity index is 923. The number of unbranched alkanes of at least 4 members (excludes halogenated alkanes) is 1. The zero-order valence-electron chi connectivity index (χ0n) is 19.6. The molecule has 13 N–H and O–H groups in total. The van der Waals surface area contributed by atoms with Crippen molar-refractivity contribution in [3.63, 3.8) is 0 Å². The van der Waals surface area contributed by atoms with E-state index in [4.69, 9.17) is 22.9 Å². The maximum Gasteiger partial charge on any atom is 0.326 e. The minimum absolute atomic E-state index is 0.0752. The summed E-state index contributed by atoms with van der Waals surface area (Å²) < 4.78 is 0. The number of nitrogens with one attached hydrogen (secondary N) is 4. The van der Waals surface area contributed by atoms with Crippen molar-refractivity contribution in [1.29, 1.82) is 0 Å². The second-order valence-electron chi connectivity index (χ2n) is 8.03. The number of amides is 5. The Labute approximate surface area is 206 Å². The van der Waals surface area contributed by atoms with Gasteiger partial charge in [0.15, 0.2) is 0 Å². The Morgan fingerprint density at radius 2 is 1.47 bits per heavy atom. The van der Waals surface area contributed by atoms with Gasteiger partial charge in [-0.2, -0.15) is 0 Å². The second kappa shape index (κ2) is 15.0. The molecule has 16 nitrogen and oxygen atoms in total. The molecule has 0 aromatic carbocycles. The summed E-state index contributed by atoms with van der Waals surface area (Å²) in [4.78, 5) is 78.9. The van der Waals surface area contributed by atoms with Crippen molar-refractivity contribution in [2.45, 2.75) is 62.7 Å². The molecule has 4 unspecified atom stereocenters. The summed E-state index contributed by atoms with van der Waals surface area (Å²) in [5.41, 5.74) is 21.7. The highest BCUT2D eigenvalue weighted by Gasteiger charge is 2.31. The summed E-state index contributed by atoms with van der Waals surface area (Å²) in [6.45, 7) is 0.340. The Morgan fingerprint density at radius 3 is 2.00 bits per heavy atom. The SMILES string of the molecule is NCCCCC(NC(=O)C(CC(N)=O)NC(=O)C(Cc1cnc[nH]1)NC(=O)C(N)CC(N)=O)C(=O)O.